The predicted molar refractivity (Wildman–Crippen MR) is 68.6 cm³/mol. The van der Waals surface area contributed by atoms with Crippen molar-refractivity contribution in [2.45, 2.75) is 6.10 Å². The van der Waals surface area contributed by atoms with Crippen molar-refractivity contribution in [2.24, 2.45) is 0 Å². The quantitative estimate of drug-likeness (QED) is 0.887. The van der Waals surface area contributed by atoms with E-state index in [1.165, 1.54) is 0 Å². The summed E-state index contributed by atoms with van der Waals surface area (Å²) in [5.74, 6) is 0. The highest BCUT2D eigenvalue weighted by atomic mass is 16.6. The van der Waals surface area contributed by atoms with Gasteiger partial charge in [0.15, 0.2) is 0 Å². The molecule has 1 aromatic heterocycles. The smallest absolute Gasteiger partial charge is 0.0981 e. The number of fused-ring (bicyclic) bond motifs is 1. The zero-order valence-electron chi connectivity index (χ0n) is 10.0. The molecule has 1 unspecified atom stereocenters. The Morgan fingerprint density at radius 3 is 3.11 bits per heavy atom. The van der Waals surface area contributed by atoms with Gasteiger partial charge in [-0.1, -0.05) is 18.2 Å². The Morgan fingerprint density at radius 1 is 1.28 bits per heavy atom. The molecule has 0 spiro atoms. The van der Waals surface area contributed by atoms with Crippen molar-refractivity contribution in [3.05, 3.63) is 30.5 Å². The first-order valence-corrected chi connectivity index (χ1v) is 6.07. The van der Waals surface area contributed by atoms with Gasteiger partial charge in [0.2, 0.25) is 0 Å². The van der Waals surface area contributed by atoms with Crippen molar-refractivity contribution in [3.8, 4) is 0 Å². The van der Waals surface area contributed by atoms with Crippen LogP contribution >= 0.6 is 0 Å². The van der Waals surface area contributed by atoms with Crippen molar-refractivity contribution in [1.82, 2.24) is 10.2 Å². The number of hydrogen-bond acceptors (Lipinski definition) is 5. The van der Waals surface area contributed by atoms with Gasteiger partial charge < -0.3 is 14.8 Å². The summed E-state index contributed by atoms with van der Waals surface area (Å²) in [6.07, 6.45) is 1.84. The van der Waals surface area contributed by atoms with Crippen LogP contribution in [-0.2, 0) is 9.47 Å². The van der Waals surface area contributed by atoms with Crippen LogP contribution in [0.2, 0.25) is 0 Å². The average molecular weight is 245 g/mol. The second-order valence-electron chi connectivity index (χ2n) is 4.22. The molecule has 2 aromatic rings. The number of anilines is 1. The molecule has 1 atom stereocenters. The molecule has 3 rings (SSSR count). The fraction of sp³-hybridized carbons (Fsp3) is 0.385. The molecule has 0 aliphatic carbocycles. The third-order valence-corrected chi connectivity index (χ3v) is 2.95. The van der Waals surface area contributed by atoms with Gasteiger partial charge in [-0.05, 0) is 6.07 Å². The minimum absolute atomic E-state index is 0.102. The number of rotatable bonds is 3. The van der Waals surface area contributed by atoms with E-state index in [-0.39, 0.29) is 6.10 Å². The molecule has 18 heavy (non-hydrogen) atoms. The van der Waals surface area contributed by atoms with Gasteiger partial charge in [-0.3, -0.25) is 0 Å². The maximum absolute atomic E-state index is 5.59. The minimum atomic E-state index is 0.102. The summed E-state index contributed by atoms with van der Waals surface area (Å²) in [4.78, 5) is 0. The average Bonchev–Trinajstić information content (AvgIpc) is 2.46. The van der Waals surface area contributed by atoms with Gasteiger partial charge in [0.25, 0.3) is 0 Å². The zero-order chi connectivity index (χ0) is 12.2. The molecule has 2 heterocycles. The summed E-state index contributed by atoms with van der Waals surface area (Å²) >= 11 is 0. The summed E-state index contributed by atoms with van der Waals surface area (Å²) in [6, 6.07) is 7.94. The third kappa shape index (κ3) is 2.42. The maximum Gasteiger partial charge on any atom is 0.0981 e. The first-order chi connectivity index (χ1) is 8.93. The largest absolute Gasteiger partial charge is 0.380 e. The fourth-order valence-corrected chi connectivity index (χ4v) is 2.03. The van der Waals surface area contributed by atoms with E-state index in [2.05, 4.69) is 15.5 Å². The molecular formula is C13H15N3O2. The second-order valence-corrected chi connectivity index (χ2v) is 4.22. The molecule has 1 aliphatic heterocycles. The molecule has 0 saturated carbocycles. The molecule has 1 saturated heterocycles. The lowest BCUT2D eigenvalue weighted by Crippen LogP contribution is -2.34. The molecule has 94 valence electrons. The molecule has 1 fully saturated rings. The Balaban J connectivity index is 1.74. The molecule has 1 aliphatic rings. The first kappa shape index (κ1) is 11.4. The number of benzene rings is 1. The van der Waals surface area contributed by atoms with Gasteiger partial charge >= 0.3 is 0 Å². The van der Waals surface area contributed by atoms with Crippen LogP contribution in [0.15, 0.2) is 30.5 Å². The van der Waals surface area contributed by atoms with Crippen LogP contribution in [0, 0.1) is 0 Å². The molecule has 0 bridgehead atoms. The van der Waals surface area contributed by atoms with E-state index in [1.54, 1.807) is 6.20 Å². The summed E-state index contributed by atoms with van der Waals surface area (Å²) in [6.45, 7) is 2.72. The number of nitrogens with one attached hydrogen (secondary N) is 1. The number of nitrogens with zero attached hydrogens (tertiary/aromatic N) is 2. The lowest BCUT2D eigenvalue weighted by atomic mass is 10.2. The van der Waals surface area contributed by atoms with Crippen LogP contribution < -0.4 is 5.32 Å². The fourth-order valence-electron chi connectivity index (χ4n) is 2.03. The van der Waals surface area contributed by atoms with Crippen molar-refractivity contribution < 1.29 is 9.47 Å². The predicted octanol–water partition coefficient (Wildman–Crippen LogP) is 1.46. The van der Waals surface area contributed by atoms with E-state index in [0.717, 1.165) is 23.1 Å². The lowest BCUT2D eigenvalue weighted by molar-refractivity contribution is -0.0818. The highest BCUT2D eigenvalue weighted by molar-refractivity contribution is 5.90. The molecule has 1 aromatic carbocycles. The Kier molecular flexibility index (Phi) is 3.34. The zero-order valence-corrected chi connectivity index (χ0v) is 10.0. The Hall–Kier alpha value is -1.72. The highest BCUT2D eigenvalue weighted by Gasteiger charge is 2.14. The number of aromatic nitrogens is 2. The molecule has 0 radical (unpaired) electrons. The van der Waals surface area contributed by atoms with Crippen molar-refractivity contribution >= 4 is 16.6 Å². The summed E-state index contributed by atoms with van der Waals surface area (Å²) in [5.41, 5.74) is 1.87. The van der Waals surface area contributed by atoms with Crippen LogP contribution in [-0.4, -0.2) is 42.7 Å². The Bertz CT molecular complexity index is 521. The topological polar surface area (TPSA) is 56.3 Å². The Morgan fingerprint density at radius 2 is 2.22 bits per heavy atom. The molecular weight excluding hydrogens is 230 g/mol. The second kappa shape index (κ2) is 5.29. The van der Waals surface area contributed by atoms with Gasteiger partial charge in [-0.2, -0.15) is 10.2 Å². The molecule has 5 heteroatoms. The van der Waals surface area contributed by atoms with Crippen molar-refractivity contribution in [3.63, 3.8) is 0 Å². The standard InChI is InChI=1S/C13H15N3O2/c1-2-4-12-11(3-1)13(8-15-16-12)14-7-10-9-17-5-6-18-10/h1-4,8,10H,5-7,9H2,(H,14,16). The van der Waals surface area contributed by atoms with Crippen LogP contribution in [0.4, 0.5) is 5.69 Å². The van der Waals surface area contributed by atoms with E-state index < -0.39 is 0 Å². The number of hydrogen-bond donors (Lipinski definition) is 1. The van der Waals surface area contributed by atoms with Gasteiger partial charge in [0, 0.05) is 11.9 Å². The van der Waals surface area contributed by atoms with E-state index in [1.807, 2.05) is 24.3 Å². The van der Waals surface area contributed by atoms with Crippen molar-refractivity contribution in [1.29, 1.82) is 0 Å². The van der Waals surface area contributed by atoms with Gasteiger partial charge in [0.05, 0.1) is 43.3 Å². The first-order valence-electron chi connectivity index (χ1n) is 6.07. The minimum Gasteiger partial charge on any atom is -0.380 e. The van der Waals surface area contributed by atoms with Gasteiger partial charge in [-0.15, -0.1) is 0 Å². The van der Waals surface area contributed by atoms with Crippen LogP contribution in [0.5, 0.6) is 0 Å². The summed E-state index contributed by atoms with van der Waals surface area (Å²) < 4.78 is 11.0. The van der Waals surface area contributed by atoms with Crippen LogP contribution in [0.3, 0.4) is 0 Å². The summed E-state index contributed by atoms with van der Waals surface area (Å²) in [5, 5.41) is 12.5. The lowest BCUT2D eigenvalue weighted by Gasteiger charge is -2.23. The Labute approximate surface area is 105 Å². The molecule has 1 N–H and O–H groups in total. The van der Waals surface area contributed by atoms with Crippen LogP contribution in [0.1, 0.15) is 0 Å². The maximum atomic E-state index is 5.59. The monoisotopic (exact) mass is 245 g/mol. The van der Waals surface area contributed by atoms with E-state index in [4.69, 9.17) is 9.47 Å². The van der Waals surface area contributed by atoms with Crippen molar-refractivity contribution in [2.75, 3.05) is 31.7 Å². The molecule has 0 amide bonds. The molecule has 5 nitrogen and oxygen atoms in total. The van der Waals surface area contributed by atoms with E-state index >= 15 is 0 Å². The normalized spacial score (nSPS) is 19.9. The summed E-state index contributed by atoms with van der Waals surface area (Å²) in [7, 11) is 0. The van der Waals surface area contributed by atoms with Gasteiger partial charge in [-0.25, -0.2) is 0 Å². The number of ether oxygens (including phenoxy) is 2. The highest BCUT2D eigenvalue weighted by Crippen LogP contribution is 2.19. The third-order valence-electron chi connectivity index (χ3n) is 2.95. The van der Waals surface area contributed by atoms with E-state index in [0.29, 0.717) is 19.8 Å². The van der Waals surface area contributed by atoms with Gasteiger partial charge in [0.1, 0.15) is 0 Å². The SMILES string of the molecule is c1ccc2c(NCC3COCCO3)cnnc2c1. The van der Waals surface area contributed by atoms with E-state index in [9.17, 15) is 0 Å². The van der Waals surface area contributed by atoms with Crippen LogP contribution in [0.25, 0.3) is 10.9 Å².